The Morgan fingerprint density at radius 3 is 2.53 bits per heavy atom. The van der Waals surface area contributed by atoms with E-state index in [0.717, 1.165) is 6.54 Å². The molecular weight excluding hydrogens is 240 g/mol. The van der Waals surface area contributed by atoms with Gasteiger partial charge in [-0.2, -0.15) is 0 Å². The summed E-state index contributed by atoms with van der Waals surface area (Å²) in [7, 11) is 0. The van der Waals surface area contributed by atoms with Crippen molar-refractivity contribution in [3.8, 4) is 0 Å². The lowest BCUT2D eigenvalue weighted by Crippen LogP contribution is -2.41. The van der Waals surface area contributed by atoms with E-state index in [4.69, 9.17) is 10.9 Å². The molecule has 0 radical (unpaired) electrons. The molecule has 0 atom stereocenters. The summed E-state index contributed by atoms with van der Waals surface area (Å²) in [5.74, 6) is 0.341. The van der Waals surface area contributed by atoms with E-state index in [9.17, 15) is 0 Å². The summed E-state index contributed by atoms with van der Waals surface area (Å²) in [6.45, 7) is 5.41. The van der Waals surface area contributed by atoms with Crippen molar-refractivity contribution in [3.63, 3.8) is 0 Å². The molecule has 1 saturated heterocycles. The Balaban J connectivity index is 1.75. The average Bonchev–Trinajstić information content (AvgIpc) is 3.10. The molecule has 5 heteroatoms. The van der Waals surface area contributed by atoms with E-state index in [-0.39, 0.29) is 0 Å². The van der Waals surface area contributed by atoms with Gasteiger partial charge in [-0.1, -0.05) is 18.0 Å². The highest BCUT2D eigenvalue weighted by atomic mass is 16.4. The fourth-order valence-electron chi connectivity index (χ4n) is 3.40. The van der Waals surface area contributed by atoms with Gasteiger partial charge in [0.2, 0.25) is 0 Å². The van der Waals surface area contributed by atoms with Gasteiger partial charge in [0.15, 0.2) is 5.84 Å². The van der Waals surface area contributed by atoms with Gasteiger partial charge in [0, 0.05) is 12.6 Å². The van der Waals surface area contributed by atoms with Crippen LogP contribution in [0.4, 0.5) is 0 Å². The van der Waals surface area contributed by atoms with Gasteiger partial charge in [-0.15, -0.1) is 0 Å². The molecule has 110 valence electrons. The van der Waals surface area contributed by atoms with E-state index >= 15 is 0 Å². The van der Waals surface area contributed by atoms with Crippen molar-refractivity contribution in [2.45, 2.75) is 51.0 Å². The van der Waals surface area contributed by atoms with Gasteiger partial charge in [0.25, 0.3) is 0 Å². The first-order chi connectivity index (χ1) is 9.29. The van der Waals surface area contributed by atoms with Crippen molar-refractivity contribution >= 4 is 5.84 Å². The monoisotopic (exact) mass is 268 g/mol. The Kier molecular flexibility index (Phi) is 5.92. The van der Waals surface area contributed by atoms with Crippen LogP contribution in [0.25, 0.3) is 0 Å². The second-order valence-corrected chi connectivity index (χ2v) is 5.90. The van der Waals surface area contributed by atoms with Crippen LogP contribution in [0.1, 0.15) is 44.9 Å². The molecule has 0 aromatic carbocycles. The average molecular weight is 268 g/mol. The number of oxime groups is 1. The van der Waals surface area contributed by atoms with Crippen molar-refractivity contribution in [1.29, 1.82) is 0 Å². The maximum atomic E-state index is 8.75. The maximum absolute atomic E-state index is 8.75. The van der Waals surface area contributed by atoms with Crippen LogP contribution in [0.15, 0.2) is 5.16 Å². The molecule has 1 saturated carbocycles. The largest absolute Gasteiger partial charge is 0.409 e. The first-order valence-electron chi connectivity index (χ1n) is 7.72. The first kappa shape index (κ1) is 14.6. The van der Waals surface area contributed by atoms with Gasteiger partial charge in [-0.05, 0) is 51.7 Å². The lowest BCUT2D eigenvalue weighted by Gasteiger charge is -2.29. The van der Waals surface area contributed by atoms with Crippen LogP contribution in [-0.4, -0.2) is 59.6 Å². The number of nitrogens with two attached hydrogens (primary N) is 1. The number of rotatable bonds is 7. The lowest BCUT2D eigenvalue weighted by atomic mass is 10.2. The molecule has 2 rings (SSSR count). The summed E-state index contributed by atoms with van der Waals surface area (Å²) in [5.41, 5.74) is 5.68. The van der Waals surface area contributed by atoms with Crippen LogP contribution >= 0.6 is 0 Å². The van der Waals surface area contributed by atoms with Crippen molar-refractivity contribution in [2.75, 3.05) is 32.7 Å². The lowest BCUT2D eigenvalue weighted by molar-refractivity contribution is 0.206. The quantitative estimate of drug-likeness (QED) is 0.317. The minimum absolute atomic E-state index is 0.341. The Hall–Kier alpha value is -0.810. The van der Waals surface area contributed by atoms with E-state index < -0.39 is 0 Å². The van der Waals surface area contributed by atoms with E-state index in [2.05, 4.69) is 15.0 Å². The third-order valence-electron chi connectivity index (χ3n) is 4.45. The number of amidine groups is 1. The van der Waals surface area contributed by atoms with Crippen LogP contribution in [0, 0.1) is 0 Å². The molecule has 0 aromatic rings. The highest BCUT2D eigenvalue weighted by Crippen LogP contribution is 2.23. The molecule has 3 N–H and O–H groups in total. The van der Waals surface area contributed by atoms with E-state index in [0.29, 0.717) is 18.4 Å². The molecule has 0 spiro atoms. The molecule has 2 aliphatic rings. The van der Waals surface area contributed by atoms with Gasteiger partial charge in [-0.25, -0.2) is 0 Å². The molecule has 5 nitrogen and oxygen atoms in total. The zero-order chi connectivity index (χ0) is 13.5. The van der Waals surface area contributed by atoms with Gasteiger partial charge in [0.1, 0.15) is 0 Å². The Labute approximate surface area is 116 Å². The molecule has 2 fully saturated rings. The zero-order valence-corrected chi connectivity index (χ0v) is 11.9. The fraction of sp³-hybridized carbons (Fsp3) is 0.929. The number of nitrogens with zero attached hydrogens (tertiary/aromatic N) is 3. The SMILES string of the molecule is NC(CN(CCCN1CCCC1)C1CCCC1)=NO. The Morgan fingerprint density at radius 1 is 1.21 bits per heavy atom. The second-order valence-electron chi connectivity index (χ2n) is 5.90. The molecule has 1 aliphatic heterocycles. The number of hydrogen-bond acceptors (Lipinski definition) is 4. The summed E-state index contributed by atoms with van der Waals surface area (Å²) in [6.07, 6.45) is 9.08. The van der Waals surface area contributed by atoms with Crippen molar-refractivity contribution in [2.24, 2.45) is 10.9 Å². The molecule has 1 heterocycles. The summed E-state index contributed by atoms with van der Waals surface area (Å²) >= 11 is 0. The smallest absolute Gasteiger partial charge is 0.153 e. The van der Waals surface area contributed by atoms with Crippen LogP contribution in [0.3, 0.4) is 0 Å². The van der Waals surface area contributed by atoms with Gasteiger partial charge in [0.05, 0.1) is 6.54 Å². The molecule has 0 amide bonds. The minimum Gasteiger partial charge on any atom is -0.409 e. The fourth-order valence-corrected chi connectivity index (χ4v) is 3.40. The van der Waals surface area contributed by atoms with E-state index in [1.54, 1.807) is 0 Å². The first-order valence-corrected chi connectivity index (χ1v) is 7.72. The topological polar surface area (TPSA) is 65.1 Å². The summed E-state index contributed by atoms with van der Waals surface area (Å²) in [5, 5.41) is 11.9. The van der Waals surface area contributed by atoms with Crippen molar-refractivity contribution < 1.29 is 5.21 Å². The van der Waals surface area contributed by atoms with Crippen LogP contribution in [-0.2, 0) is 0 Å². The molecule has 0 aromatic heterocycles. The summed E-state index contributed by atoms with van der Waals surface area (Å²) < 4.78 is 0. The van der Waals surface area contributed by atoms with Gasteiger partial charge < -0.3 is 15.8 Å². The number of hydrogen-bond donors (Lipinski definition) is 2. The standard InChI is InChI=1S/C14H28N4O/c15-14(16-19)12-18(13-6-1-2-7-13)11-5-10-17-8-3-4-9-17/h13,19H,1-12H2,(H2,15,16). The summed E-state index contributed by atoms with van der Waals surface area (Å²) in [6, 6.07) is 0.638. The van der Waals surface area contributed by atoms with Gasteiger partial charge in [-0.3, -0.25) is 4.90 Å². The normalized spacial score (nSPS) is 22.7. The van der Waals surface area contributed by atoms with Crippen molar-refractivity contribution in [1.82, 2.24) is 9.80 Å². The highest BCUT2D eigenvalue weighted by molar-refractivity contribution is 5.81. The third-order valence-corrected chi connectivity index (χ3v) is 4.45. The molecule has 19 heavy (non-hydrogen) atoms. The van der Waals surface area contributed by atoms with Crippen LogP contribution < -0.4 is 5.73 Å². The van der Waals surface area contributed by atoms with Gasteiger partial charge >= 0.3 is 0 Å². The molecule has 1 aliphatic carbocycles. The second kappa shape index (κ2) is 7.70. The molecule has 0 bridgehead atoms. The minimum atomic E-state index is 0.341. The van der Waals surface area contributed by atoms with Crippen molar-refractivity contribution in [3.05, 3.63) is 0 Å². The Bertz CT molecular complexity index is 283. The maximum Gasteiger partial charge on any atom is 0.153 e. The molecular formula is C14H28N4O. The summed E-state index contributed by atoms with van der Waals surface area (Å²) in [4.78, 5) is 4.97. The van der Waals surface area contributed by atoms with Crippen LogP contribution in [0.5, 0.6) is 0 Å². The predicted octanol–water partition coefficient (Wildman–Crippen LogP) is 1.46. The molecule has 0 unspecified atom stereocenters. The van der Waals surface area contributed by atoms with E-state index in [1.165, 1.54) is 64.6 Å². The zero-order valence-electron chi connectivity index (χ0n) is 11.9. The highest BCUT2D eigenvalue weighted by Gasteiger charge is 2.23. The third kappa shape index (κ3) is 4.66. The number of likely N-dealkylation sites (tertiary alicyclic amines) is 1. The van der Waals surface area contributed by atoms with Crippen LogP contribution in [0.2, 0.25) is 0 Å². The van der Waals surface area contributed by atoms with E-state index in [1.807, 2.05) is 0 Å². The predicted molar refractivity (Wildman–Crippen MR) is 77.5 cm³/mol. The Morgan fingerprint density at radius 2 is 1.89 bits per heavy atom.